The van der Waals surface area contributed by atoms with Crippen LogP contribution in [0.25, 0.3) is 0 Å². The normalized spacial score (nSPS) is 18.7. The second-order valence-electron chi connectivity index (χ2n) is 6.07. The van der Waals surface area contributed by atoms with Crippen molar-refractivity contribution in [2.45, 2.75) is 44.6 Å². The zero-order valence-electron chi connectivity index (χ0n) is 11.7. The fourth-order valence-electron chi connectivity index (χ4n) is 2.44. The van der Waals surface area contributed by atoms with Crippen LogP contribution in [0, 0.1) is 5.92 Å². The molecule has 2 aliphatic carbocycles. The van der Waals surface area contributed by atoms with Crippen molar-refractivity contribution in [3.8, 4) is 0 Å². The Balaban J connectivity index is 1.27. The summed E-state index contributed by atoms with van der Waals surface area (Å²) in [7, 11) is 0. The van der Waals surface area contributed by atoms with Gasteiger partial charge in [0.2, 0.25) is 0 Å². The van der Waals surface area contributed by atoms with Gasteiger partial charge in [0.05, 0.1) is 0 Å². The second kappa shape index (κ2) is 6.53. The molecule has 1 aromatic rings. The molecule has 2 heteroatoms. The summed E-state index contributed by atoms with van der Waals surface area (Å²) in [6.07, 6.45) is 6.66. The summed E-state index contributed by atoms with van der Waals surface area (Å²) in [6.45, 7) is 3.94. The molecule has 0 saturated heterocycles. The van der Waals surface area contributed by atoms with Crippen LogP contribution < -0.4 is 5.32 Å². The Morgan fingerprint density at radius 3 is 2.84 bits per heavy atom. The molecule has 2 saturated carbocycles. The van der Waals surface area contributed by atoms with Gasteiger partial charge in [-0.2, -0.15) is 0 Å². The fraction of sp³-hybridized carbons (Fsp3) is 0.647. The quantitative estimate of drug-likeness (QED) is 0.686. The molecule has 1 aromatic carbocycles. The van der Waals surface area contributed by atoms with Crippen LogP contribution in [0.1, 0.15) is 49.1 Å². The first kappa shape index (κ1) is 13.1. The van der Waals surface area contributed by atoms with Crippen molar-refractivity contribution >= 4 is 0 Å². The van der Waals surface area contributed by atoms with Gasteiger partial charge in [0, 0.05) is 19.8 Å². The van der Waals surface area contributed by atoms with Gasteiger partial charge >= 0.3 is 0 Å². The number of ether oxygens (including phenoxy) is 1. The third-order valence-electron chi connectivity index (χ3n) is 4.02. The molecule has 2 aliphatic rings. The van der Waals surface area contributed by atoms with Gasteiger partial charge in [-0.3, -0.25) is 0 Å². The SMILES string of the molecule is c1cc(CNCCCOCC2CC2)cc(C2CC2)c1. The molecule has 19 heavy (non-hydrogen) atoms. The van der Waals surface area contributed by atoms with Gasteiger partial charge in [0.1, 0.15) is 0 Å². The first-order chi connectivity index (χ1) is 9.42. The van der Waals surface area contributed by atoms with Crippen molar-refractivity contribution in [2.75, 3.05) is 19.8 Å². The molecule has 0 heterocycles. The Hall–Kier alpha value is -0.860. The minimum Gasteiger partial charge on any atom is -0.381 e. The molecular formula is C17H25NO. The molecule has 104 valence electrons. The van der Waals surface area contributed by atoms with Crippen molar-refractivity contribution < 1.29 is 4.74 Å². The van der Waals surface area contributed by atoms with Crippen LogP contribution in [0.5, 0.6) is 0 Å². The van der Waals surface area contributed by atoms with E-state index in [2.05, 4.69) is 29.6 Å². The van der Waals surface area contributed by atoms with Gasteiger partial charge in [0.15, 0.2) is 0 Å². The van der Waals surface area contributed by atoms with Crippen molar-refractivity contribution in [3.05, 3.63) is 35.4 Å². The van der Waals surface area contributed by atoms with Gasteiger partial charge in [0.25, 0.3) is 0 Å². The lowest BCUT2D eigenvalue weighted by molar-refractivity contribution is 0.122. The lowest BCUT2D eigenvalue weighted by Crippen LogP contribution is -2.16. The summed E-state index contributed by atoms with van der Waals surface area (Å²) in [5.41, 5.74) is 2.95. The van der Waals surface area contributed by atoms with Gasteiger partial charge in [-0.1, -0.05) is 24.3 Å². The number of hydrogen-bond acceptors (Lipinski definition) is 2. The molecule has 0 aliphatic heterocycles. The van der Waals surface area contributed by atoms with Crippen LogP contribution in [0.4, 0.5) is 0 Å². The number of benzene rings is 1. The Kier molecular flexibility index (Phi) is 4.52. The summed E-state index contributed by atoms with van der Waals surface area (Å²) >= 11 is 0. The van der Waals surface area contributed by atoms with E-state index < -0.39 is 0 Å². The maximum atomic E-state index is 5.63. The zero-order valence-corrected chi connectivity index (χ0v) is 11.7. The van der Waals surface area contributed by atoms with E-state index in [0.717, 1.165) is 44.6 Å². The molecule has 0 radical (unpaired) electrons. The molecule has 0 amide bonds. The van der Waals surface area contributed by atoms with E-state index in [1.165, 1.54) is 36.8 Å². The number of rotatable bonds is 9. The van der Waals surface area contributed by atoms with Crippen molar-refractivity contribution in [2.24, 2.45) is 5.92 Å². The maximum absolute atomic E-state index is 5.63. The van der Waals surface area contributed by atoms with E-state index in [0.29, 0.717) is 0 Å². The van der Waals surface area contributed by atoms with E-state index in [9.17, 15) is 0 Å². The maximum Gasteiger partial charge on any atom is 0.0494 e. The summed E-state index contributed by atoms with van der Waals surface area (Å²) < 4.78 is 5.63. The third kappa shape index (κ3) is 4.63. The minimum atomic E-state index is 0.857. The highest BCUT2D eigenvalue weighted by Crippen LogP contribution is 2.40. The number of hydrogen-bond donors (Lipinski definition) is 1. The van der Waals surface area contributed by atoms with Gasteiger partial charge in [-0.15, -0.1) is 0 Å². The average molecular weight is 259 g/mol. The van der Waals surface area contributed by atoms with Crippen LogP contribution in [0.15, 0.2) is 24.3 Å². The molecule has 0 unspecified atom stereocenters. The summed E-state index contributed by atoms with van der Waals surface area (Å²) in [6, 6.07) is 9.06. The monoisotopic (exact) mass is 259 g/mol. The smallest absolute Gasteiger partial charge is 0.0494 e. The fourth-order valence-corrected chi connectivity index (χ4v) is 2.44. The minimum absolute atomic E-state index is 0.857. The standard InChI is InChI=1S/C17H25NO/c1-3-15(11-17(4-1)16-7-8-16)12-18-9-2-10-19-13-14-5-6-14/h1,3-4,11,14,16,18H,2,5-10,12-13H2. The van der Waals surface area contributed by atoms with Crippen molar-refractivity contribution in [3.63, 3.8) is 0 Å². The molecule has 3 rings (SSSR count). The topological polar surface area (TPSA) is 21.3 Å². The zero-order chi connectivity index (χ0) is 12.9. The highest BCUT2D eigenvalue weighted by molar-refractivity contribution is 5.29. The van der Waals surface area contributed by atoms with E-state index >= 15 is 0 Å². The molecule has 2 fully saturated rings. The summed E-state index contributed by atoms with van der Waals surface area (Å²) in [5.74, 6) is 1.74. The summed E-state index contributed by atoms with van der Waals surface area (Å²) in [4.78, 5) is 0. The van der Waals surface area contributed by atoms with Crippen LogP contribution in [0.3, 0.4) is 0 Å². The largest absolute Gasteiger partial charge is 0.381 e. The van der Waals surface area contributed by atoms with Gasteiger partial charge in [-0.05, 0) is 61.6 Å². The molecule has 0 spiro atoms. The van der Waals surface area contributed by atoms with E-state index in [-0.39, 0.29) is 0 Å². The Bertz CT molecular complexity index is 396. The second-order valence-corrected chi connectivity index (χ2v) is 6.07. The number of nitrogens with one attached hydrogen (secondary N) is 1. The highest BCUT2D eigenvalue weighted by Gasteiger charge is 2.23. The Morgan fingerprint density at radius 2 is 2.05 bits per heavy atom. The van der Waals surface area contributed by atoms with Gasteiger partial charge in [-0.25, -0.2) is 0 Å². The van der Waals surface area contributed by atoms with Crippen molar-refractivity contribution in [1.82, 2.24) is 5.32 Å². The van der Waals surface area contributed by atoms with Crippen LogP contribution in [0.2, 0.25) is 0 Å². The molecular weight excluding hydrogens is 234 g/mol. The Morgan fingerprint density at radius 1 is 1.16 bits per heavy atom. The Labute approximate surface area is 116 Å². The highest BCUT2D eigenvalue weighted by atomic mass is 16.5. The first-order valence-electron chi connectivity index (χ1n) is 7.79. The molecule has 1 N–H and O–H groups in total. The van der Waals surface area contributed by atoms with E-state index in [1.807, 2.05) is 0 Å². The average Bonchev–Trinajstić information content (AvgIpc) is 3.29. The predicted molar refractivity (Wildman–Crippen MR) is 78.3 cm³/mol. The van der Waals surface area contributed by atoms with Crippen molar-refractivity contribution in [1.29, 1.82) is 0 Å². The summed E-state index contributed by atoms with van der Waals surface area (Å²) in [5, 5.41) is 3.51. The first-order valence-corrected chi connectivity index (χ1v) is 7.79. The van der Waals surface area contributed by atoms with Crippen LogP contribution in [-0.4, -0.2) is 19.8 Å². The molecule has 0 atom stereocenters. The molecule has 2 nitrogen and oxygen atoms in total. The van der Waals surface area contributed by atoms with E-state index in [4.69, 9.17) is 4.74 Å². The lowest BCUT2D eigenvalue weighted by Gasteiger charge is -2.07. The predicted octanol–water partition coefficient (Wildman–Crippen LogP) is 3.47. The lowest BCUT2D eigenvalue weighted by atomic mass is 10.1. The molecule has 0 bridgehead atoms. The van der Waals surface area contributed by atoms with E-state index in [1.54, 1.807) is 0 Å². The van der Waals surface area contributed by atoms with Crippen LogP contribution in [-0.2, 0) is 11.3 Å². The van der Waals surface area contributed by atoms with Gasteiger partial charge < -0.3 is 10.1 Å². The van der Waals surface area contributed by atoms with Crippen LogP contribution >= 0.6 is 0 Å². The third-order valence-corrected chi connectivity index (χ3v) is 4.02. The molecule has 0 aromatic heterocycles.